The molecule has 1 aromatic rings. The lowest BCUT2D eigenvalue weighted by Crippen LogP contribution is -2.49. The molecule has 0 amide bonds. The van der Waals surface area contributed by atoms with Gasteiger partial charge in [0.1, 0.15) is 5.82 Å². The highest BCUT2D eigenvalue weighted by Gasteiger charge is 2.32. The highest BCUT2D eigenvalue weighted by molar-refractivity contribution is 5.21. The second-order valence-corrected chi connectivity index (χ2v) is 5.61. The van der Waals surface area contributed by atoms with Crippen molar-refractivity contribution in [2.45, 2.75) is 24.9 Å². The van der Waals surface area contributed by atoms with Crippen LogP contribution in [0.3, 0.4) is 0 Å². The summed E-state index contributed by atoms with van der Waals surface area (Å²) >= 11 is 0. The van der Waals surface area contributed by atoms with Crippen molar-refractivity contribution in [2.24, 2.45) is 5.73 Å². The number of nitrogens with zero attached hydrogens (tertiary/aromatic N) is 2. The molecule has 2 N–H and O–H groups in total. The molecular weight excluding hydrogens is 241 g/mol. The smallest absolute Gasteiger partial charge is 0.123 e. The predicted octanol–water partition coefficient (Wildman–Crippen LogP) is 1.61. The van der Waals surface area contributed by atoms with Crippen LogP contribution in [0.15, 0.2) is 24.3 Å². The van der Waals surface area contributed by atoms with Gasteiger partial charge in [0.2, 0.25) is 0 Å². The Morgan fingerprint density at radius 3 is 2.53 bits per heavy atom. The molecule has 1 aromatic carbocycles. The molecule has 1 atom stereocenters. The van der Waals surface area contributed by atoms with Crippen LogP contribution in [0.2, 0.25) is 0 Å². The van der Waals surface area contributed by atoms with Crippen LogP contribution in [0.5, 0.6) is 0 Å². The largest absolute Gasteiger partial charge is 0.329 e. The van der Waals surface area contributed by atoms with Crippen molar-refractivity contribution in [3.63, 3.8) is 0 Å². The van der Waals surface area contributed by atoms with Crippen LogP contribution >= 0.6 is 0 Å². The third kappa shape index (κ3) is 2.96. The van der Waals surface area contributed by atoms with Gasteiger partial charge in [0.15, 0.2) is 0 Å². The van der Waals surface area contributed by atoms with Gasteiger partial charge in [-0.3, -0.25) is 9.80 Å². The highest BCUT2D eigenvalue weighted by atomic mass is 19.1. The van der Waals surface area contributed by atoms with Crippen LogP contribution in [0.1, 0.15) is 24.4 Å². The third-order valence-electron chi connectivity index (χ3n) is 4.31. The summed E-state index contributed by atoms with van der Waals surface area (Å²) in [5.41, 5.74) is 6.92. The number of rotatable bonds is 4. The quantitative estimate of drug-likeness (QED) is 0.895. The van der Waals surface area contributed by atoms with Gasteiger partial charge in [-0.05, 0) is 30.5 Å². The van der Waals surface area contributed by atoms with Crippen LogP contribution in [-0.4, -0.2) is 48.6 Å². The Hall–Kier alpha value is -0.970. The van der Waals surface area contributed by atoms with E-state index in [1.54, 1.807) is 12.1 Å². The molecule has 0 aromatic heterocycles. The summed E-state index contributed by atoms with van der Waals surface area (Å²) in [7, 11) is 0. The van der Waals surface area contributed by atoms with E-state index >= 15 is 0 Å². The first-order chi connectivity index (χ1) is 9.28. The summed E-state index contributed by atoms with van der Waals surface area (Å²) in [4.78, 5) is 4.98. The first-order valence-corrected chi connectivity index (χ1v) is 7.21. The highest BCUT2D eigenvalue weighted by Crippen LogP contribution is 2.29. The van der Waals surface area contributed by atoms with Gasteiger partial charge in [-0.25, -0.2) is 4.39 Å². The average molecular weight is 263 g/mol. The summed E-state index contributed by atoms with van der Waals surface area (Å²) in [6.45, 7) is 4.86. The molecule has 1 saturated carbocycles. The summed E-state index contributed by atoms with van der Waals surface area (Å²) < 4.78 is 13.3. The summed E-state index contributed by atoms with van der Waals surface area (Å²) in [5.74, 6) is -0.174. The van der Waals surface area contributed by atoms with Gasteiger partial charge in [-0.1, -0.05) is 12.1 Å². The number of halogens is 1. The van der Waals surface area contributed by atoms with Crippen LogP contribution in [0.4, 0.5) is 4.39 Å². The number of hydrogen-bond donors (Lipinski definition) is 1. The number of nitrogens with two attached hydrogens (primary N) is 1. The fraction of sp³-hybridized carbons (Fsp3) is 0.600. The number of piperazine rings is 1. The molecule has 1 saturated heterocycles. The minimum Gasteiger partial charge on any atom is -0.329 e. The zero-order chi connectivity index (χ0) is 13.2. The van der Waals surface area contributed by atoms with Crippen molar-refractivity contribution in [2.75, 3.05) is 32.7 Å². The zero-order valence-electron chi connectivity index (χ0n) is 11.3. The van der Waals surface area contributed by atoms with E-state index < -0.39 is 0 Å². The normalized spacial score (nSPS) is 23.5. The second-order valence-electron chi connectivity index (χ2n) is 5.61. The van der Waals surface area contributed by atoms with Gasteiger partial charge >= 0.3 is 0 Å². The second kappa shape index (κ2) is 5.57. The minimum atomic E-state index is -0.174. The molecule has 2 fully saturated rings. The fourth-order valence-corrected chi connectivity index (χ4v) is 3.06. The maximum absolute atomic E-state index is 13.3. The molecule has 0 radical (unpaired) electrons. The Morgan fingerprint density at radius 2 is 1.95 bits per heavy atom. The van der Waals surface area contributed by atoms with Crippen molar-refractivity contribution in [3.05, 3.63) is 35.6 Å². The lowest BCUT2D eigenvalue weighted by Gasteiger charge is -2.39. The molecule has 104 valence electrons. The van der Waals surface area contributed by atoms with Gasteiger partial charge in [-0.2, -0.15) is 0 Å². The van der Waals surface area contributed by atoms with Gasteiger partial charge < -0.3 is 5.73 Å². The lowest BCUT2D eigenvalue weighted by molar-refractivity contribution is 0.0937. The van der Waals surface area contributed by atoms with Crippen molar-refractivity contribution in [1.82, 2.24) is 9.80 Å². The van der Waals surface area contributed by atoms with E-state index in [1.165, 1.54) is 18.9 Å². The minimum absolute atomic E-state index is 0.150. The molecule has 3 rings (SSSR count). The summed E-state index contributed by atoms with van der Waals surface area (Å²) in [6, 6.07) is 7.85. The van der Waals surface area contributed by atoms with E-state index in [9.17, 15) is 4.39 Å². The molecule has 2 aliphatic rings. The Kier molecular flexibility index (Phi) is 3.82. The summed E-state index contributed by atoms with van der Waals surface area (Å²) in [6.07, 6.45) is 2.73. The molecule has 1 unspecified atom stereocenters. The standard InChI is InChI=1S/C15H22FN3/c16-13-3-1-2-12(10-13)15(11-17)19-8-6-18(7-9-19)14-4-5-14/h1-3,10,14-15H,4-9,11,17H2. The summed E-state index contributed by atoms with van der Waals surface area (Å²) in [5, 5.41) is 0. The Labute approximate surface area is 114 Å². The van der Waals surface area contributed by atoms with Crippen LogP contribution < -0.4 is 5.73 Å². The number of benzene rings is 1. The van der Waals surface area contributed by atoms with Gasteiger partial charge in [0, 0.05) is 44.8 Å². The molecule has 1 aliphatic heterocycles. The van der Waals surface area contributed by atoms with Crippen molar-refractivity contribution < 1.29 is 4.39 Å². The van der Waals surface area contributed by atoms with E-state index in [0.29, 0.717) is 6.54 Å². The van der Waals surface area contributed by atoms with E-state index in [2.05, 4.69) is 9.80 Å². The van der Waals surface area contributed by atoms with Crippen LogP contribution in [0.25, 0.3) is 0 Å². The van der Waals surface area contributed by atoms with E-state index in [4.69, 9.17) is 5.73 Å². The zero-order valence-corrected chi connectivity index (χ0v) is 11.3. The predicted molar refractivity (Wildman–Crippen MR) is 74.4 cm³/mol. The van der Waals surface area contributed by atoms with Gasteiger partial charge in [-0.15, -0.1) is 0 Å². The first kappa shape index (κ1) is 13.0. The van der Waals surface area contributed by atoms with E-state index in [0.717, 1.165) is 37.8 Å². The van der Waals surface area contributed by atoms with Crippen LogP contribution in [-0.2, 0) is 0 Å². The maximum Gasteiger partial charge on any atom is 0.123 e. The van der Waals surface area contributed by atoms with Crippen LogP contribution in [0, 0.1) is 5.82 Å². The monoisotopic (exact) mass is 263 g/mol. The Bertz CT molecular complexity index is 425. The van der Waals surface area contributed by atoms with Crippen molar-refractivity contribution >= 4 is 0 Å². The molecule has 0 bridgehead atoms. The van der Waals surface area contributed by atoms with E-state index in [1.807, 2.05) is 6.07 Å². The molecule has 1 aliphatic carbocycles. The molecule has 1 heterocycles. The maximum atomic E-state index is 13.3. The molecule has 0 spiro atoms. The van der Waals surface area contributed by atoms with E-state index in [-0.39, 0.29) is 11.9 Å². The Morgan fingerprint density at radius 1 is 1.21 bits per heavy atom. The SMILES string of the molecule is NCC(c1cccc(F)c1)N1CCN(C2CC2)CC1. The molecule has 4 heteroatoms. The van der Waals surface area contributed by atoms with Gasteiger partial charge in [0.25, 0.3) is 0 Å². The Balaban J connectivity index is 1.65. The van der Waals surface area contributed by atoms with Gasteiger partial charge in [0.05, 0.1) is 0 Å². The number of hydrogen-bond acceptors (Lipinski definition) is 3. The molecule has 19 heavy (non-hydrogen) atoms. The molecule has 3 nitrogen and oxygen atoms in total. The van der Waals surface area contributed by atoms with Crippen molar-refractivity contribution in [3.8, 4) is 0 Å². The topological polar surface area (TPSA) is 32.5 Å². The fourth-order valence-electron chi connectivity index (χ4n) is 3.06. The third-order valence-corrected chi connectivity index (χ3v) is 4.31. The first-order valence-electron chi connectivity index (χ1n) is 7.21. The van der Waals surface area contributed by atoms with Crippen molar-refractivity contribution in [1.29, 1.82) is 0 Å². The average Bonchev–Trinajstić information content (AvgIpc) is 3.25. The lowest BCUT2D eigenvalue weighted by atomic mass is 10.0. The molecular formula is C15H22FN3.